The third kappa shape index (κ3) is 6.48. The van der Waals surface area contributed by atoms with Crippen molar-refractivity contribution < 1.29 is 18.1 Å². The summed E-state index contributed by atoms with van der Waals surface area (Å²) in [7, 11) is -3.78. The van der Waals surface area contributed by atoms with Crippen molar-refractivity contribution in [3.63, 3.8) is 0 Å². The van der Waals surface area contributed by atoms with Gasteiger partial charge in [0.15, 0.2) is 0 Å². The highest BCUT2D eigenvalue weighted by Gasteiger charge is 2.16. The van der Waals surface area contributed by atoms with Gasteiger partial charge >= 0.3 is 0 Å². The molecule has 0 aliphatic carbocycles. The molecule has 0 fully saturated rings. The number of carbonyl (C=O) groups is 1. The monoisotopic (exact) mass is 366 g/mol. The maximum Gasteiger partial charge on any atom is 0.269 e. The summed E-state index contributed by atoms with van der Waals surface area (Å²) in [6, 6.07) is 4.52. The highest BCUT2D eigenvalue weighted by atomic mass is 35.5. The van der Waals surface area contributed by atoms with Gasteiger partial charge in [0.1, 0.15) is 0 Å². The van der Waals surface area contributed by atoms with Crippen molar-refractivity contribution in [3.05, 3.63) is 34.4 Å². The first-order valence-electron chi connectivity index (χ1n) is 6.50. The van der Waals surface area contributed by atoms with Crippen molar-refractivity contribution >= 4 is 34.0 Å². The quantitative estimate of drug-likeness (QED) is 0.335. The molecule has 1 unspecified atom stereocenters. The molecule has 0 heterocycles. The van der Waals surface area contributed by atoms with Crippen LogP contribution in [-0.2, 0) is 14.8 Å². The Balaban J connectivity index is 0.00000484. The van der Waals surface area contributed by atoms with Gasteiger partial charge in [-0.3, -0.25) is 14.9 Å². The zero-order valence-corrected chi connectivity index (χ0v) is 14.0. The van der Waals surface area contributed by atoms with Gasteiger partial charge in [0.25, 0.3) is 5.69 Å². The third-order valence-electron chi connectivity index (χ3n) is 2.88. The molecule has 0 bridgehead atoms. The van der Waals surface area contributed by atoms with Crippen LogP contribution in [0.25, 0.3) is 0 Å². The van der Waals surface area contributed by atoms with Gasteiger partial charge in [-0.1, -0.05) is 6.92 Å². The van der Waals surface area contributed by atoms with Crippen LogP contribution in [0.15, 0.2) is 29.2 Å². The van der Waals surface area contributed by atoms with E-state index in [2.05, 4.69) is 10.0 Å². The summed E-state index contributed by atoms with van der Waals surface area (Å²) in [6.45, 7) is 1.99. The molecule has 4 N–H and O–H groups in total. The zero-order valence-electron chi connectivity index (χ0n) is 12.4. The summed E-state index contributed by atoms with van der Waals surface area (Å²) < 4.78 is 26.2. The number of nitrogens with two attached hydrogens (primary N) is 1. The van der Waals surface area contributed by atoms with Gasteiger partial charge in [0.2, 0.25) is 15.9 Å². The van der Waals surface area contributed by atoms with Gasteiger partial charge in [-0.05, 0) is 12.1 Å². The summed E-state index contributed by atoms with van der Waals surface area (Å²) in [6.07, 6.45) is 0. The number of nitro groups is 1. The molecule has 0 saturated carbocycles. The number of nitrogens with one attached hydrogen (secondary N) is 2. The number of non-ortho nitro benzene ring substituents is 1. The van der Waals surface area contributed by atoms with Gasteiger partial charge in [0.05, 0.1) is 9.82 Å². The third-order valence-corrected chi connectivity index (χ3v) is 4.35. The normalized spacial score (nSPS) is 12.1. The number of halogens is 1. The molecule has 0 aliphatic rings. The Bertz CT molecular complexity index is 635. The maximum atomic E-state index is 11.9. The van der Waals surface area contributed by atoms with Crippen molar-refractivity contribution in [1.82, 2.24) is 10.0 Å². The van der Waals surface area contributed by atoms with Crippen LogP contribution < -0.4 is 15.8 Å². The Kier molecular flexibility index (Phi) is 8.69. The molecule has 23 heavy (non-hydrogen) atoms. The fourth-order valence-corrected chi connectivity index (χ4v) is 2.51. The van der Waals surface area contributed by atoms with E-state index in [-0.39, 0.29) is 54.4 Å². The lowest BCUT2D eigenvalue weighted by Crippen LogP contribution is -2.38. The molecule has 0 aromatic heterocycles. The first-order valence-corrected chi connectivity index (χ1v) is 7.98. The Morgan fingerprint density at radius 3 is 2.35 bits per heavy atom. The molecule has 0 spiro atoms. The predicted molar refractivity (Wildman–Crippen MR) is 86.8 cm³/mol. The first kappa shape index (κ1) is 21.2. The SMILES string of the molecule is CC(CN)C(=O)NCCNS(=O)(=O)c1ccc([N+](=O)[O-])cc1.Cl. The molecule has 1 rings (SSSR count). The largest absolute Gasteiger partial charge is 0.355 e. The molecule has 0 aliphatic heterocycles. The molecule has 0 saturated heterocycles. The summed E-state index contributed by atoms with van der Waals surface area (Å²) >= 11 is 0. The summed E-state index contributed by atoms with van der Waals surface area (Å²) in [4.78, 5) is 21.2. The highest BCUT2D eigenvalue weighted by Crippen LogP contribution is 2.15. The van der Waals surface area contributed by atoms with E-state index in [1.807, 2.05) is 0 Å². The Morgan fingerprint density at radius 1 is 1.30 bits per heavy atom. The number of benzene rings is 1. The first-order chi connectivity index (χ1) is 10.3. The second kappa shape index (κ2) is 9.40. The van der Waals surface area contributed by atoms with Crippen LogP contribution in [0.5, 0.6) is 0 Å². The van der Waals surface area contributed by atoms with E-state index in [1.54, 1.807) is 6.92 Å². The zero-order chi connectivity index (χ0) is 16.8. The summed E-state index contributed by atoms with van der Waals surface area (Å²) in [5.41, 5.74) is 5.14. The van der Waals surface area contributed by atoms with E-state index >= 15 is 0 Å². The minimum Gasteiger partial charge on any atom is -0.355 e. The highest BCUT2D eigenvalue weighted by molar-refractivity contribution is 7.89. The number of sulfonamides is 1. The molecule has 1 aromatic carbocycles. The summed E-state index contributed by atoms with van der Waals surface area (Å²) in [5.74, 6) is -0.594. The van der Waals surface area contributed by atoms with Crippen LogP contribution in [0, 0.1) is 16.0 Å². The molecule has 9 nitrogen and oxygen atoms in total. The van der Waals surface area contributed by atoms with Crippen molar-refractivity contribution in [2.24, 2.45) is 11.7 Å². The van der Waals surface area contributed by atoms with Gasteiger partial charge in [-0.15, -0.1) is 12.4 Å². The fourth-order valence-electron chi connectivity index (χ4n) is 1.48. The molecule has 1 aromatic rings. The lowest BCUT2D eigenvalue weighted by atomic mass is 10.2. The molecule has 130 valence electrons. The molecule has 11 heteroatoms. The summed E-state index contributed by atoms with van der Waals surface area (Å²) in [5, 5.41) is 13.1. The van der Waals surface area contributed by atoms with Gasteiger partial charge in [-0.25, -0.2) is 13.1 Å². The molecule has 1 atom stereocenters. The number of rotatable bonds is 8. The van der Waals surface area contributed by atoms with Crippen LogP contribution in [0.2, 0.25) is 0 Å². The van der Waals surface area contributed by atoms with Crippen molar-refractivity contribution in [2.45, 2.75) is 11.8 Å². The van der Waals surface area contributed by atoms with Crippen LogP contribution in [0.3, 0.4) is 0 Å². The number of hydrogen-bond donors (Lipinski definition) is 3. The number of nitro benzene ring substituents is 1. The molecular weight excluding hydrogens is 348 g/mol. The predicted octanol–water partition coefficient (Wildman–Crippen LogP) is 0.00590. The van der Waals surface area contributed by atoms with Crippen LogP contribution >= 0.6 is 12.4 Å². The van der Waals surface area contributed by atoms with E-state index in [0.717, 1.165) is 24.3 Å². The Labute approximate surface area is 140 Å². The molecular formula is C12H19ClN4O5S. The number of hydrogen-bond acceptors (Lipinski definition) is 6. The lowest BCUT2D eigenvalue weighted by molar-refractivity contribution is -0.384. The average molecular weight is 367 g/mol. The second-order valence-corrected chi connectivity index (χ2v) is 6.34. The van der Waals surface area contributed by atoms with Crippen LogP contribution in [0.1, 0.15) is 6.92 Å². The van der Waals surface area contributed by atoms with Crippen molar-refractivity contribution in [1.29, 1.82) is 0 Å². The van der Waals surface area contributed by atoms with Gasteiger partial charge in [0, 0.05) is 37.7 Å². The van der Waals surface area contributed by atoms with Gasteiger partial charge < -0.3 is 11.1 Å². The van der Waals surface area contributed by atoms with Crippen LogP contribution in [0.4, 0.5) is 5.69 Å². The van der Waals surface area contributed by atoms with Crippen LogP contribution in [-0.4, -0.2) is 38.9 Å². The standard InChI is InChI=1S/C12H18N4O5S.ClH/c1-9(8-13)12(17)14-6-7-15-22(20,21)11-4-2-10(3-5-11)16(18)19;/h2-5,9,15H,6-8,13H2,1H3,(H,14,17);1H. The minimum absolute atomic E-state index is 0. The molecule has 1 amide bonds. The molecule has 0 radical (unpaired) electrons. The van der Waals surface area contributed by atoms with E-state index in [4.69, 9.17) is 5.73 Å². The van der Waals surface area contributed by atoms with E-state index in [0.29, 0.717) is 0 Å². The lowest BCUT2D eigenvalue weighted by Gasteiger charge is -2.10. The van der Waals surface area contributed by atoms with E-state index in [1.165, 1.54) is 0 Å². The Hall–Kier alpha value is -1.75. The Morgan fingerprint density at radius 2 is 1.87 bits per heavy atom. The van der Waals surface area contributed by atoms with E-state index < -0.39 is 14.9 Å². The van der Waals surface area contributed by atoms with Crippen molar-refractivity contribution in [2.75, 3.05) is 19.6 Å². The van der Waals surface area contributed by atoms with E-state index in [9.17, 15) is 23.3 Å². The average Bonchev–Trinajstić information content (AvgIpc) is 2.50. The fraction of sp³-hybridized carbons (Fsp3) is 0.417. The smallest absolute Gasteiger partial charge is 0.269 e. The minimum atomic E-state index is -3.78. The second-order valence-electron chi connectivity index (χ2n) is 4.58. The number of amides is 1. The van der Waals surface area contributed by atoms with Gasteiger partial charge in [-0.2, -0.15) is 0 Å². The number of nitrogens with zero attached hydrogens (tertiary/aromatic N) is 1. The topological polar surface area (TPSA) is 144 Å². The number of carbonyl (C=O) groups excluding carboxylic acids is 1. The maximum absolute atomic E-state index is 11.9. The van der Waals surface area contributed by atoms with Crippen molar-refractivity contribution in [3.8, 4) is 0 Å².